The Kier molecular flexibility index (Phi) is 3.96. The van der Waals surface area contributed by atoms with E-state index in [2.05, 4.69) is 0 Å². The number of carbonyl (C=O) groups excluding carboxylic acids is 1. The third kappa shape index (κ3) is 2.81. The summed E-state index contributed by atoms with van der Waals surface area (Å²) in [5, 5.41) is 20.1. The van der Waals surface area contributed by atoms with Crippen molar-refractivity contribution in [1.29, 1.82) is 0 Å². The van der Waals surface area contributed by atoms with Gasteiger partial charge in [-0.05, 0) is 42.8 Å². The van der Waals surface area contributed by atoms with E-state index in [1.54, 1.807) is 24.3 Å². The second-order valence-corrected chi connectivity index (χ2v) is 6.44. The van der Waals surface area contributed by atoms with Gasteiger partial charge >= 0.3 is 5.97 Å². The molecule has 6 heteroatoms. The zero-order valence-corrected chi connectivity index (χ0v) is 14.7. The standard InChI is InChI=1S/C22H14O6/c1-11(23)12-2-5-15(18(8-12)22(26)27)21-16-6-3-13(24)9-19(16)28-20-10-14(25)4-7-17(20)21/h2-10,24H,1H3,(H,26,27). The van der Waals surface area contributed by atoms with Gasteiger partial charge in [0.05, 0.1) is 5.56 Å². The molecule has 1 aliphatic heterocycles. The SMILES string of the molecule is CC(=O)c1ccc(-c2c3ccc(=O)cc-3oc3cc(O)ccc23)c(C(=O)O)c1. The van der Waals surface area contributed by atoms with Crippen molar-refractivity contribution in [2.75, 3.05) is 0 Å². The number of fused-ring (bicyclic) bond motifs is 2. The van der Waals surface area contributed by atoms with Gasteiger partial charge in [-0.3, -0.25) is 9.59 Å². The number of carboxylic acids is 1. The Balaban J connectivity index is 2.17. The molecule has 0 unspecified atom stereocenters. The van der Waals surface area contributed by atoms with Crippen LogP contribution in [-0.2, 0) is 0 Å². The van der Waals surface area contributed by atoms with Crippen molar-refractivity contribution in [1.82, 2.24) is 0 Å². The fourth-order valence-corrected chi connectivity index (χ4v) is 3.31. The molecule has 2 aromatic carbocycles. The monoisotopic (exact) mass is 374 g/mol. The highest BCUT2D eigenvalue weighted by molar-refractivity contribution is 6.09. The van der Waals surface area contributed by atoms with Gasteiger partial charge < -0.3 is 14.6 Å². The normalized spacial score (nSPS) is 11.0. The van der Waals surface area contributed by atoms with E-state index in [1.807, 2.05) is 0 Å². The molecule has 1 heterocycles. The topological polar surface area (TPSA) is 105 Å². The van der Waals surface area contributed by atoms with Gasteiger partial charge in [-0.25, -0.2) is 4.79 Å². The second kappa shape index (κ2) is 6.35. The van der Waals surface area contributed by atoms with E-state index in [0.717, 1.165) is 0 Å². The average Bonchev–Trinajstić information content (AvgIpc) is 2.65. The predicted molar refractivity (Wildman–Crippen MR) is 103 cm³/mol. The molecule has 0 atom stereocenters. The Morgan fingerprint density at radius 2 is 1.68 bits per heavy atom. The molecular formula is C22H14O6. The minimum atomic E-state index is -1.18. The molecule has 0 saturated carbocycles. The van der Waals surface area contributed by atoms with Gasteiger partial charge in [0.1, 0.15) is 17.1 Å². The minimum absolute atomic E-state index is 0.0230. The summed E-state index contributed by atoms with van der Waals surface area (Å²) in [6, 6.07) is 13.2. The predicted octanol–water partition coefficient (Wildman–Crippen LogP) is 4.17. The van der Waals surface area contributed by atoms with Crippen LogP contribution >= 0.6 is 0 Å². The quantitative estimate of drug-likeness (QED) is 0.412. The number of carbonyl (C=O) groups is 2. The molecule has 0 spiro atoms. The number of hydrogen-bond acceptors (Lipinski definition) is 5. The summed E-state index contributed by atoms with van der Waals surface area (Å²) in [7, 11) is 0. The van der Waals surface area contributed by atoms with Crippen molar-refractivity contribution < 1.29 is 24.2 Å². The van der Waals surface area contributed by atoms with Crippen molar-refractivity contribution >= 4 is 22.7 Å². The summed E-state index contributed by atoms with van der Waals surface area (Å²) in [5.74, 6) is -1.18. The number of phenols is 1. The fourth-order valence-electron chi connectivity index (χ4n) is 3.31. The van der Waals surface area contributed by atoms with E-state index in [4.69, 9.17) is 4.42 Å². The molecule has 0 fully saturated rings. The van der Waals surface area contributed by atoms with Crippen molar-refractivity contribution in [3.63, 3.8) is 0 Å². The minimum Gasteiger partial charge on any atom is -0.508 e. The fraction of sp³-hybridized carbons (Fsp3) is 0.0455. The van der Waals surface area contributed by atoms with Gasteiger partial charge in [0.25, 0.3) is 0 Å². The lowest BCUT2D eigenvalue weighted by Crippen LogP contribution is -2.05. The molecule has 2 N–H and O–H groups in total. The maximum atomic E-state index is 11.9. The van der Waals surface area contributed by atoms with Crippen molar-refractivity contribution in [2.45, 2.75) is 6.92 Å². The van der Waals surface area contributed by atoms with Crippen molar-refractivity contribution in [3.8, 4) is 28.2 Å². The number of aromatic hydroxyl groups is 1. The molecule has 28 heavy (non-hydrogen) atoms. The second-order valence-electron chi connectivity index (χ2n) is 6.44. The van der Waals surface area contributed by atoms with Gasteiger partial charge in [-0.1, -0.05) is 12.1 Å². The Morgan fingerprint density at radius 3 is 2.39 bits per heavy atom. The first-order chi connectivity index (χ1) is 13.3. The zero-order valence-electron chi connectivity index (χ0n) is 14.7. The zero-order chi connectivity index (χ0) is 20.0. The average molecular weight is 374 g/mol. The van der Waals surface area contributed by atoms with Crippen LogP contribution < -0.4 is 5.43 Å². The van der Waals surface area contributed by atoms with Crippen LogP contribution in [-0.4, -0.2) is 22.0 Å². The molecule has 1 aliphatic carbocycles. The van der Waals surface area contributed by atoms with Crippen LogP contribution in [0.4, 0.5) is 0 Å². The van der Waals surface area contributed by atoms with Crippen LogP contribution in [0.2, 0.25) is 0 Å². The van der Waals surface area contributed by atoms with E-state index in [-0.39, 0.29) is 33.8 Å². The number of phenolic OH excluding ortho intramolecular Hbond substituents is 1. The molecule has 0 aromatic heterocycles. The summed E-state index contributed by atoms with van der Waals surface area (Å²) in [4.78, 5) is 35.4. The molecule has 6 nitrogen and oxygen atoms in total. The van der Waals surface area contributed by atoms with E-state index in [9.17, 15) is 24.6 Å². The highest BCUT2D eigenvalue weighted by atomic mass is 16.4. The first-order valence-corrected chi connectivity index (χ1v) is 8.43. The summed E-state index contributed by atoms with van der Waals surface area (Å²) >= 11 is 0. The third-order valence-electron chi connectivity index (χ3n) is 4.60. The van der Waals surface area contributed by atoms with Gasteiger partial charge in [-0.15, -0.1) is 0 Å². The van der Waals surface area contributed by atoms with Gasteiger partial charge in [0.15, 0.2) is 11.2 Å². The largest absolute Gasteiger partial charge is 0.508 e. The first kappa shape index (κ1) is 17.5. The number of carboxylic acid groups (broad SMARTS) is 1. The molecule has 2 aliphatic rings. The number of hydrogen-bond donors (Lipinski definition) is 2. The first-order valence-electron chi connectivity index (χ1n) is 8.43. The Hall–Kier alpha value is -3.93. The van der Waals surface area contributed by atoms with E-state index >= 15 is 0 Å². The van der Waals surface area contributed by atoms with Crippen molar-refractivity contribution in [3.05, 3.63) is 75.9 Å². The molecule has 138 valence electrons. The maximum Gasteiger partial charge on any atom is 0.336 e. The van der Waals surface area contributed by atoms with E-state index in [0.29, 0.717) is 27.7 Å². The Bertz CT molecular complexity index is 1300. The van der Waals surface area contributed by atoms with Gasteiger partial charge in [-0.2, -0.15) is 0 Å². The lowest BCUT2D eigenvalue weighted by Gasteiger charge is -2.17. The van der Waals surface area contributed by atoms with Crippen LogP contribution in [0.5, 0.6) is 5.75 Å². The van der Waals surface area contributed by atoms with Crippen LogP contribution in [0.3, 0.4) is 0 Å². The number of Topliss-reactive ketones (excluding diaryl/α,β-unsaturated/α-hetero) is 1. The van der Waals surface area contributed by atoms with Gasteiger partial charge in [0, 0.05) is 34.2 Å². The van der Waals surface area contributed by atoms with Crippen LogP contribution in [0.15, 0.2) is 63.8 Å². The summed E-state index contributed by atoms with van der Waals surface area (Å²) in [6.45, 7) is 1.37. The molecule has 0 saturated heterocycles. The van der Waals surface area contributed by atoms with E-state index in [1.165, 1.54) is 37.3 Å². The molecule has 0 amide bonds. The smallest absolute Gasteiger partial charge is 0.336 e. The molecular weight excluding hydrogens is 360 g/mol. The van der Waals surface area contributed by atoms with E-state index < -0.39 is 5.97 Å². The molecule has 2 aromatic rings. The Labute approximate surface area is 158 Å². The summed E-state index contributed by atoms with van der Waals surface area (Å²) < 4.78 is 5.77. The lowest BCUT2D eigenvalue weighted by molar-refractivity contribution is 0.0697. The molecule has 0 radical (unpaired) electrons. The summed E-state index contributed by atoms with van der Waals surface area (Å²) in [6.07, 6.45) is 0. The highest BCUT2D eigenvalue weighted by Crippen LogP contribution is 2.42. The highest BCUT2D eigenvalue weighted by Gasteiger charge is 2.22. The number of aromatic carboxylic acids is 1. The number of rotatable bonds is 3. The number of ketones is 1. The molecule has 0 bridgehead atoms. The van der Waals surface area contributed by atoms with Crippen LogP contribution in [0.1, 0.15) is 27.6 Å². The van der Waals surface area contributed by atoms with Gasteiger partial charge in [0.2, 0.25) is 0 Å². The third-order valence-corrected chi connectivity index (χ3v) is 4.60. The van der Waals surface area contributed by atoms with Crippen LogP contribution in [0, 0.1) is 0 Å². The lowest BCUT2D eigenvalue weighted by atomic mass is 9.89. The number of benzene rings is 3. The maximum absolute atomic E-state index is 11.9. The van der Waals surface area contributed by atoms with Crippen molar-refractivity contribution in [2.24, 2.45) is 0 Å². The Morgan fingerprint density at radius 1 is 0.929 bits per heavy atom. The summed E-state index contributed by atoms with van der Waals surface area (Å²) in [5.41, 5.74) is 1.77. The molecule has 4 rings (SSSR count). The van der Waals surface area contributed by atoms with Crippen LogP contribution in [0.25, 0.3) is 33.4 Å².